The Morgan fingerprint density at radius 1 is 1.08 bits per heavy atom. The van der Waals surface area contributed by atoms with E-state index in [1.54, 1.807) is 0 Å². The maximum Gasteiger partial charge on any atom is 0.193 e. The number of carbonyl (C=O) groups excluding carboxylic acids is 1. The summed E-state index contributed by atoms with van der Waals surface area (Å²) in [5.74, 6) is 0.311. The molecule has 0 aliphatic rings. The van der Waals surface area contributed by atoms with Gasteiger partial charge in [0.25, 0.3) is 0 Å². The van der Waals surface area contributed by atoms with Crippen LogP contribution in [0.1, 0.15) is 92.9 Å². The fraction of sp³-hybridized carbons (Fsp3) is 0.857. The number of hydrogen-bond donors (Lipinski definition) is 0. The highest BCUT2D eigenvalue weighted by Crippen LogP contribution is 2.38. The Kier molecular flexibility index (Phi) is 11.1. The molecule has 0 aromatic carbocycles. The zero-order chi connectivity index (χ0) is 18.8. The molecule has 1 unspecified atom stereocenters. The molecule has 24 heavy (non-hydrogen) atoms. The molecule has 0 radical (unpaired) electrons. The van der Waals surface area contributed by atoms with Crippen molar-refractivity contribution in [3.8, 4) is 0 Å². The summed E-state index contributed by atoms with van der Waals surface area (Å²) < 4.78 is 6.51. The highest BCUT2D eigenvalue weighted by molar-refractivity contribution is 6.74. The maximum absolute atomic E-state index is 12.8. The average molecular weight is 355 g/mol. The second-order valence-corrected chi connectivity index (χ2v) is 13.2. The molecule has 0 aromatic heterocycles. The van der Waals surface area contributed by atoms with Gasteiger partial charge in [0.15, 0.2) is 14.1 Å². The number of Topliss-reactive ketones (excluding diaryl/α,β-unsaturated/α-hetero) is 1. The lowest BCUT2D eigenvalue weighted by atomic mass is 9.99. The second-order valence-electron chi connectivity index (χ2n) is 8.45. The summed E-state index contributed by atoms with van der Waals surface area (Å²) in [6, 6.07) is 0. The van der Waals surface area contributed by atoms with Crippen LogP contribution in [-0.4, -0.2) is 20.2 Å². The van der Waals surface area contributed by atoms with E-state index in [2.05, 4.69) is 60.7 Å². The van der Waals surface area contributed by atoms with Crippen LogP contribution in [0.2, 0.25) is 18.1 Å². The molecular weight excluding hydrogens is 312 g/mol. The summed E-state index contributed by atoms with van der Waals surface area (Å²) in [5, 5.41) is 0.146. The third kappa shape index (κ3) is 8.62. The van der Waals surface area contributed by atoms with Crippen molar-refractivity contribution in [2.24, 2.45) is 0 Å². The molecule has 0 amide bonds. The first-order chi connectivity index (χ1) is 11.1. The molecule has 0 bridgehead atoms. The molecule has 0 saturated carbocycles. The average Bonchev–Trinajstić information content (AvgIpc) is 2.49. The van der Waals surface area contributed by atoms with Crippen LogP contribution in [0.4, 0.5) is 0 Å². The van der Waals surface area contributed by atoms with Crippen molar-refractivity contribution in [1.29, 1.82) is 0 Å². The third-order valence-electron chi connectivity index (χ3n) is 5.31. The van der Waals surface area contributed by atoms with Gasteiger partial charge in [-0.25, -0.2) is 0 Å². The third-order valence-corrected chi connectivity index (χ3v) is 9.80. The minimum Gasteiger partial charge on any atom is -0.407 e. The SMILES string of the molecule is CC/C=C(\CC)CCC(=O)C(CCCCC)O[Si](C)(C)C(C)(C)C. The van der Waals surface area contributed by atoms with Crippen molar-refractivity contribution < 1.29 is 9.22 Å². The second kappa shape index (κ2) is 11.3. The van der Waals surface area contributed by atoms with Gasteiger partial charge in [-0.2, -0.15) is 0 Å². The monoisotopic (exact) mass is 354 g/mol. The Balaban J connectivity index is 4.92. The fourth-order valence-corrected chi connectivity index (χ4v) is 3.87. The summed E-state index contributed by atoms with van der Waals surface area (Å²) in [6.45, 7) is 17.8. The Morgan fingerprint density at radius 2 is 1.71 bits per heavy atom. The van der Waals surface area contributed by atoms with E-state index in [0.717, 1.165) is 32.1 Å². The number of unbranched alkanes of at least 4 members (excludes halogenated alkanes) is 2. The summed E-state index contributed by atoms with van der Waals surface area (Å²) in [7, 11) is -1.91. The Morgan fingerprint density at radius 3 is 2.17 bits per heavy atom. The lowest BCUT2D eigenvalue weighted by Gasteiger charge is -2.39. The van der Waals surface area contributed by atoms with Gasteiger partial charge in [0.1, 0.15) is 6.10 Å². The zero-order valence-electron chi connectivity index (χ0n) is 17.6. The minimum atomic E-state index is -1.91. The quantitative estimate of drug-likeness (QED) is 0.213. The van der Waals surface area contributed by atoms with Gasteiger partial charge in [-0.3, -0.25) is 4.79 Å². The molecule has 142 valence electrons. The van der Waals surface area contributed by atoms with Crippen molar-refractivity contribution in [2.75, 3.05) is 0 Å². The minimum absolute atomic E-state index is 0.146. The van der Waals surface area contributed by atoms with Gasteiger partial charge >= 0.3 is 0 Å². The lowest BCUT2D eigenvalue weighted by molar-refractivity contribution is -0.126. The van der Waals surface area contributed by atoms with Crippen LogP contribution >= 0.6 is 0 Å². The van der Waals surface area contributed by atoms with Crippen LogP contribution in [0.5, 0.6) is 0 Å². The Labute approximate surface area is 152 Å². The molecule has 0 saturated heterocycles. The predicted molar refractivity (Wildman–Crippen MR) is 109 cm³/mol. The highest BCUT2D eigenvalue weighted by Gasteiger charge is 2.40. The van der Waals surface area contributed by atoms with E-state index in [1.165, 1.54) is 18.4 Å². The molecule has 0 rings (SSSR count). The van der Waals surface area contributed by atoms with Crippen LogP contribution in [0.15, 0.2) is 11.6 Å². The Hall–Kier alpha value is -0.413. The van der Waals surface area contributed by atoms with Crippen molar-refractivity contribution in [3.05, 3.63) is 11.6 Å². The largest absolute Gasteiger partial charge is 0.407 e. The number of hydrogen-bond acceptors (Lipinski definition) is 2. The van der Waals surface area contributed by atoms with Crippen molar-refractivity contribution in [1.82, 2.24) is 0 Å². The Bertz CT molecular complexity index is 391. The van der Waals surface area contributed by atoms with E-state index in [1.807, 2.05) is 0 Å². The number of carbonyl (C=O) groups is 1. The van der Waals surface area contributed by atoms with Crippen molar-refractivity contribution >= 4 is 14.1 Å². The van der Waals surface area contributed by atoms with E-state index in [0.29, 0.717) is 12.2 Å². The summed E-state index contributed by atoms with van der Waals surface area (Å²) in [5.41, 5.74) is 1.41. The van der Waals surface area contributed by atoms with E-state index < -0.39 is 8.32 Å². The molecule has 0 heterocycles. The molecule has 1 atom stereocenters. The topological polar surface area (TPSA) is 26.3 Å². The van der Waals surface area contributed by atoms with Crippen molar-refractivity contribution in [3.63, 3.8) is 0 Å². The molecule has 0 N–H and O–H groups in total. The first kappa shape index (κ1) is 23.6. The summed E-state index contributed by atoms with van der Waals surface area (Å²) in [4.78, 5) is 12.8. The number of ketones is 1. The highest BCUT2D eigenvalue weighted by atomic mass is 28.4. The van der Waals surface area contributed by atoms with Crippen LogP contribution in [-0.2, 0) is 9.22 Å². The summed E-state index contributed by atoms with van der Waals surface area (Å²) in [6.07, 6.45) is 10.0. The standard InChI is InChI=1S/C21H42O2Si/c1-9-12-13-15-20(23-24(7,8)21(4,5)6)19(22)17-16-18(11-3)14-10-2/h14,20H,9-13,15-17H2,1-8H3/b18-14+. The van der Waals surface area contributed by atoms with Gasteiger partial charge in [-0.15, -0.1) is 0 Å². The van der Waals surface area contributed by atoms with Gasteiger partial charge in [0, 0.05) is 6.42 Å². The molecule has 0 aliphatic heterocycles. The molecule has 0 aliphatic carbocycles. The van der Waals surface area contributed by atoms with Crippen LogP contribution < -0.4 is 0 Å². The van der Waals surface area contributed by atoms with E-state index in [-0.39, 0.29) is 11.1 Å². The maximum atomic E-state index is 12.8. The predicted octanol–water partition coefficient (Wildman–Crippen LogP) is 7.05. The van der Waals surface area contributed by atoms with Gasteiger partial charge in [0.05, 0.1) is 0 Å². The smallest absolute Gasteiger partial charge is 0.193 e. The molecule has 2 nitrogen and oxygen atoms in total. The molecular formula is C21H42O2Si. The fourth-order valence-electron chi connectivity index (χ4n) is 2.55. The van der Waals surface area contributed by atoms with Gasteiger partial charge < -0.3 is 4.43 Å². The van der Waals surface area contributed by atoms with Gasteiger partial charge in [-0.1, -0.05) is 72.5 Å². The number of allylic oxidation sites excluding steroid dienone is 2. The van der Waals surface area contributed by atoms with E-state index in [9.17, 15) is 4.79 Å². The first-order valence-electron chi connectivity index (χ1n) is 9.97. The first-order valence-corrected chi connectivity index (χ1v) is 12.9. The van der Waals surface area contributed by atoms with Crippen LogP contribution in [0.25, 0.3) is 0 Å². The van der Waals surface area contributed by atoms with Gasteiger partial charge in [0.2, 0.25) is 0 Å². The van der Waals surface area contributed by atoms with Crippen LogP contribution in [0, 0.1) is 0 Å². The summed E-state index contributed by atoms with van der Waals surface area (Å²) >= 11 is 0. The van der Waals surface area contributed by atoms with E-state index >= 15 is 0 Å². The number of rotatable bonds is 12. The lowest BCUT2D eigenvalue weighted by Crippen LogP contribution is -2.46. The molecule has 3 heteroatoms. The molecule has 0 spiro atoms. The molecule has 0 fully saturated rings. The van der Waals surface area contributed by atoms with Crippen molar-refractivity contribution in [2.45, 2.75) is 117 Å². The normalized spacial score (nSPS) is 14.8. The zero-order valence-corrected chi connectivity index (χ0v) is 18.6. The van der Waals surface area contributed by atoms with Crippen LogP contribution in [0.3, 0.4) is 0 Å². The van der Waals surface area contributed by atoms with Gasteiger partial charge in [-0.05, 0) is 43.8 Å². The van der Waals surface area contributed by atoms with E-state index in [4.69, 9.17) is 4.43 Å². The molecule has 0 aromatic rings.